The maximum atomic E-state index is 13.0. The zero-order chi connectivity index (χ0) is 22.8. The fourth-order valence-corrected chi connectivity index (χ4v) is 4.69. The van der Waals surface area contributed by atoms with Crippen LogP contribution in [0.2, 0.25) is 0 Å². The molecule has 33 heavy (non-hydrogen) atoms. The lowest BCUT2D eigenvalue weighted by Crippen LogP contribution is -2.40. The summed E-state index contributed by atoms with van der Waals surface area (Å²) < 4.78 is 0. The van der Waals surface area contributed by atoms with E-state index in [-0.39, 0.29) is 30.0 Å². The first-order valence-electron chi connectivity index (χ1n) is 11.2. The summed E-state index contributed by atoms with van der Waals surface area (Å²) in [4.78, 5) is 53.9. The number of nitrogens with one attached hydrogen (secondary N) is 1. The van der Waals surface area contributed by atoms with Crippen LogP contribution < -0.4 is 5.56 Å². The molecule has 168 valence electrons. The summed E-state index contributed by atoms with van der Waals surface area (Å²) in [6.07, 6.45) is 5.57. The average molecular weight is 444 g/mol. The van der Waals surface area contributed by atoms with Gasteiger partial charge in [-0.25, -0.2) is 4.98 Å². The zero-order valence-electron chi connectivity index (χ0n) is 18.2. The summed E-state index contributed by atoms with van der Waals surface area (Å²) in [5, 5.41) is 0. The molecule has 0 unspecified atom stereocenters. The Morgan fingerprint density at radius 2 is 1.85 bits per heavy atom. The first-order chi connectivity index (χ1) is 16.1. The molecule has 0 spiro atoms. The smallest absolute Gasteiger partial charge is 0.254 e. The number of aromatic nitrogens is 3. The van der Waals surface area contributed by atoms with Crippen LogP contribution in [-0.2, 0) is 24.2 Å². The van der Waals surface area contributed by atoms with Crippen molar-refractivity contribution >= 4 is 11.8 Å². The number of H-pyrrole nitrogens is 1. The van der Waals surface area contributed by atoms with Crippen LogP contribution in [0.1, 0.15) is 51.9 Å². The van der Waals surface area contributed by atoms with E-state index in [4.69, 9.17) is 4.98 Å². The van der Waals surface area contributed by atoms with Crippen molar-refractivity contribution in [3.63, 3.8) is 0 Å². The Kier molecular flexibility index (Phi) is 5.73. The van der Waals surface area contributed by atoms with E-state index in [2.05, 4.69) is 9.97 Å². The van der Waals surface area contributed by atoms with Crippen LogP contribution >= 0.6 is 0 Å². The fraction of sp³-hybridized carbons (Fsp3) is 0.320. The summed E-state index contributed by atoms with van der Waals surface area (Å²) in [5.41, 5.74) is 2.59. The van der Waals surface area contributed by atoms with Crippen molar-refractivity contribution in [1.29, 1.82) is 0 Å². The summed E-state index contributed by atoms with van der Waals surface area (Å²) in [7, 11) is 0. The summed E-state index contributed by atoms with van der Waals surface area (Å²) in [5.74, 6) is 0.432. The Balaban J connectivity index is 1.38. The number of rotatable bonds is 4. The van der Waals surface area contributed by atoms with Gasteiger partial charge in [-0.15, -0.1) is 0 Å². The molecule has 1 atom stereocenters. The molecule has 1 saturated heterocycles. The number of carbonyl (C=O) groups is 2. The SMILES string of the molecule is O=C(c1ccncc1)N1CCc2c(nc([C@H]3CCCN3C(=O)Cc3ccccc3)[nH]c2=O)C1. The molecule has 4 heterocycles. The van der Waals surface area contributed by atoms with E-state index in [0.717, 1.165) is 18.4 Å². The number of fused-ring (bicyclic) bond motifs is 1. The molecule has 0 bridgehead atoms. The van der Waals surface area contributed by atoms with E-state index in [0.29, 0.717) is 48.6 Å². The van der Waals surface area contributed by atoms with Crippen molar-refractivity contribution in [3.05, 3.63) is 93.4 Å². The van der Waals surface area contributed by atoms with Gasteiger partial charge in [-0.1, -0.05) is 30.3 Å². The second-order valence-electron chi connectivity index (χ2n) is 8.50. The second kappa shape index (κ2) is 8.97. The third-order valence-electron chi connectivity index (χ3n) is 6.39. The minimum Gasteiger partial charge on any atom is -0.332 e. The quantitative estimate of drug-likeness (QED) is 0.667. The monoisotopic (exact) mass is 443 g/mol. The van der Waals surface area contributed by atoms with Gasteiger partial charge in [-0.2, -0.15) is 0 Å². The topological polar surface area (TPSA) is 99.3 Å². The standard InChI is InChI=1S/C25H25N5O3/c31-22(15-17-5-2-1-3-6-17)30-13-4-7-21(30)23-27-20-16-29(14-10-19(20)24(32)28-23)25(33)18-8-11-26-12-9-18/h1-3,5-6,8-9,11-12,21H,4,7,10,13-16H2,(H,27,28,32)/t21-/m1/s1. The van der Waals surface area contributed by atoms with Gasteiger partial charge >= 0.3 is 0 Å². The Labute approximate surface area is 191 Å². The molecule has 2 aliphatic rings. The van der Waals surface area contributed by atoms with Gasteiger partial charge in [-0.05, 0) is 37.0 Å². The largest absolute Gasteiger partial charge is 0.332 e. The summed E-state index contributed by atoms with van der Waals surface area (Å²) in [6.45, 7) is 1.38. The summed E-state index contributed by atoms with van der Waals surface area (Å²) >= 11 is 0. The van der Waals surface area contributed by atoms with Gasteiger partial charge in [0.15, 0.2) is 0 Å². The lowest BCUT2D eigenvalue weighted by molar-refractivity contribution is -0.131. The van der Waals surface area contributed by atoms with Gasteiger partial charge in [0.2, 0.25) is 5.91 Å². The number of benzene rings is 1. The van der Waals surface area contributed by atoms with Crippen LogP contribution in [-0.4, -0.2) is 49.7 Å². The molecule has 0 aliphatic carbocycles. The van der Waals surface area contributed by atoms with Crippen LogP contribution in [0.5, 0.6) is 0 Å². The van der Waals surface area contributed by atoms with Gasteiger partial charge in [0.25, 0.3) is 11.5 Å². The molecule has 0 saturated carbocycles. The minimum atomic E-state index is -0.259. The molecule has 1 N–H and O–H groups in total. The van der Waals surface area contributed by atoms with Gasteiger partial charge in [0.1, 0.15) is 5.82 Å². The lowest BCUT2D eigenvalue weighted by atomic mass is 10.0. The predicted octanol–water partition coefficient (Wildman–Crippen LogP) is 2.27. The van der Waals surface area contributed by atoms with E-state index in [1.54, 1.807) is 29.4 Å². The number of pyridine rings is 1. The molecule has 8 nitrogen and oxygen atoms in total. The summed E-state index contributed by atoms with van der Waals surface area (Å²) in [6, 6.07) is 12.8. The van der Waals surface area contributed by atoms with Crippen LogP contribution in [0.15, 0.2) is 59.7 Å². The number of hydrogen-bond acceptors (Lipinski definition) is 5. The van der Waals surface area contributed by atoms with Crippen LogP contribution in [0.4, 0.5) is 0 Å². The van der Waals surface area contributed by atoms with E-state index < -0.39 is 0 Å². The van der Waals surface area contributed by atoms with E-state index >= 15 is 0 Å². The van der Waals surface area contributed by atoms with E-state index in [1.165, 1.54) is 0 Å². The fourth-order valence-electron chi connectivity index (χ4n) is 4.69. The molecule has 2 aliphatic heterocycles. The van der Waals surface area contributed by atoms with Gasteiger partial charge in [0.05, 0.1) is 24.7 Å². The number of likely N-dealkylation sites (tertiary alicyclic amines) is 1. The first-order valence-corrected chi connectivity index (χ1v) is 11.2. The van der Waals surface area contributed by atoms with E-state index in [1.807, 2.05) is 35.2 Å². The molecule has 1 aromatic carbocycles. The van der Waals surface area contributed by atoms with Gasteiger partial charge in [0, 0.05) is 36.6 Å². The molecular weight excluding hydrogens is 418 g/mol. The second-order valence-corrected chi connectivity index (χ2v) is 8.50. The molecular formula is C25H25N5O3. The Bertz CT molecular complexity index is 1230. The predicted molar refractivity (Wildman–Crippen MR) is 121 cm³/mol. The Morgan fingerprint density at radius 3 is 2.64 bits per heavy atom. The third-order valence-corrected chi connectivity index (χ3v) is 6.39. The molecule has 2 aromatic heterocycles. The van der Waals surface area contributed by atoms with Crippen LogP contribution in [0, 0.1) is 0 Å². The molecule has 8 heteroatoms. The number of hydrogen-bond donors (Lipinski definition) is 1. The number of amides is 2. The maximum absolute atomic E-state index is 13.0. The van der Waals surface area contributed by atoms with Crippen molar-refractivity contribution in [2.45, 2.75) is 38.3 Å². The molecule has 0 radical (unpaired) electrons. The first kappa shape index (κ1) is 21.1. The highest BCUT2D eigenvalue weighted by Crippen LogP contribution is 2.31. The van der Waals surface area contributed by atoms with Crippen molar-refractivity contribution in [2.24, 2.45) is 0 Å². The number of nitrogens with zero attached hydrogens (tertiary/aromatic N) is 4. The molecule has 1 fully saturated rings. The molecule has 3 aromatic rings. The van der Waals surface area contributed by atoms with Crippen molar-refractivity contribution in [1.82, 2.24) is 24.8 Å². The van der Waals surface area contributed by atoms with Crippen molar-refractivity contribution < 1.29 is 9.59 Å². The van der Waals surface area contributed by atoms with Gasteiger partial charge < -0.3 is 14.8 Å². The molecule has 2 amide bonds. The lowest BCUT2D eigenvalue weighted by Gasteiger charge is -2.29. The Morgan fingerprint density at radius 1 is 1.06 bits per heavy atom. The third kappa shape index (κ3) is 4.28. The highest BCUT2D eigenvalue weighted by atomic mass is 16.2. The average Bonchev–Trinajstić information content (AvgIpc) is 3.35. The van der Waals surface area contributed by atoms with Crippen molar-refractivity contribution in [3.8, 4) is 0 Å². The minimum absolute atomic E-state index is 0.0264. The van der Waals surface area contributed by atoms with Crippen LogP contribution in [0.25, 0.3) is 0 Å². The zero-order valence-corrected chi connectivity index (χ0v) is 18.2. The Hall–Kier alpha value is -3.81. The maximum Gasteiger partial charge on any atom is 0.254 e. The number of carbonyl (C=O) groups excluding carboxylic acids is 2. The van der Waals surface area contributed by atoms with Gasteiger partial charge in [-0.3, -0.25) is 19.4 Å². The normalized spacial score (nSPS) is 17.6. The molecule has 5 rings (SSSR count). The highest BCUT2D eigenvalue weighted by molar-refractivity contribution is 5.94. The van der Waals surface area contributed by atoms with E-state index in [9.17, 15) is 14.4 Å². The highest BCUT2D eigenvalue weighted by Gasteiger charge is 2.33. The van der Waals surface area contributed by atoms with Crippen molar-refractivity contribution in [2.75, 3.05) is 13.1 Å². The number of aromatic amines is 1. The van der Waals surface area contributed by atoms with Crippen LogP contribution in [0.3, 0.4) is 0 Å².